The Hall–Kier alpha value is 0.608. The van der Waals surface area contributed by atoms with Gasteiger partial charge in [0, 0.05) is 0 Å². The zero-order valence-corrected chi connectivity index (χ0v) is 22.4. The molecule has 0 rings (SSSR count). The Morgan fingerprint density at radius 1 is 0.370 bits per heavy atom. The molecule has 0 amide bonds. The van der Waals surface area contributed by atoms with Crippen LogP contribution in [0.3, 0.4) is 0 Å². The van der Waals surface area contributed by atoms with Gasteiger partial charge in [-0.1, -0.05) is 130 Å². The van der Waals surface area contributed by atoms with Crippen molar-refractivity contribution in [3.8, 4) is 0 Å². The summed E-state index contributed by atoms with van der Waals surface area (Å²) in [6.45, 7) is 12.9. The standard InChI is InChI=1S/2C12H26N.W/c2*1-3-5-6-7-8-9-10-11-12-13-4-2;/h2*3-12H2,1-2H3;/q2*-1;+2. The van der Waals surface area contributed by atoms with Crippen LogP contribution in [0.5, 0.6) is 0 Å². The largest absolute Gasteiger partial charge is 2.00 e. The van der Waals surface area contributed by atoms with E-state index in [-0.39, 0.29) is 21.1 Å². The molecule has 0 fully saturated rings. The maximum absolute atomic E-state index is 4.32. The van der Waals surface area contributed by atoms with E-state index in [9.17, 15) is 0 Å². The summed E-state index contributed by atoms with van der Waals surface area (Å²) in [6.07, 6.45) is 22.4. The normalized spacial score (nSPS) is 10.2. The van der Waals surface area contributed by atoms with Gasteiger partial charge >= 0.3 is 21.1 Å². The van der Waals surface area contributed by atoms with Crippen LogP contribution in [0.1, 0.15) is 130 Å². The van der Waals surface area contributed by atoms with Crippen LogP contribution in [-0.4, -0.2) is 26.2 Å². The van der Waals surface area contributed by atoms with Crippen molar-refractivity contribution >= 4 is 0 Å². The summed E-state index contributed by atoms with van der Waals surface area (Å²) in [5.74, 6) is 0. The van der Waals surface area contributed by atoms with Crippen LogP contribution in [0.4, 0.5) is 0 Å². The van der Waals surface area contributed by atoms with Crippen molar-refractivity contribution in [3.05, 3.63) is 10.6 Å². The summed E-state index contributed by atoms with van der Waals surface area (Å²) in [7, 11) is 0. The van der Waals surface area contributed by atoms with Gasteiger partial charge in [0.05, 0.1) is 0 Å². The molecule has 0 aliphatic carbocycles. The van der Waals surface area contributed by atoms with Gasteiger partial charge in [0.2, 0.25) is 0 Å². The first-order valence-electron chi connectivity index (χ1n) is 12.1. The smallest absolute Gasteiger partial charge is 0.662 e. The zero-order chi connectivity index (χ0) is 19.6. The topological polar surface area (TPSA) is 28.2 Å². The molecule has 0 saturated carbocycles. The molecule has 2 nitrogen and oxygen atoms in total. The Bertz CT molecular complexity index is 171. The third kappa shape index (κ3) is 37.9. The van der Waals surface area contributed by atoms with E-state index in [1.165, 1.54) is 103 Å². The van der Waals surface area contributed by atoms with Crippen molar-refractivity contribution < 1.29 is 21.1 Å². The van der Waals surface area contributed by atoms with E-state index in [4.69, 9.17) is 0 Å². The van der Waals surface area contributed by atoms with Crippen molar-refractivity contribution in [2.45, 2.75) is 130 Å². The van der Waals surface area contributed by atoms with Gasteiger partial charge in [0.15, 0.2) is 0 Å². The van der Waals surface area contributed by atoms with Gasteiger partial charge in [-0.15, -0.1) is 13.1 Å². The Labute approximate surface area is 188 Å². The molecule has 27 heavy (non-hydrogen) atoms. The number of nitrogens with zero attached hydrogens (tertiary/aromatic N) is 2. The van der Waals surface area contributed by atoms with Gasteiger partial charge in [-0.3, -0.25) is 0 Å². The summed E-state index contributed by atoms with van der Waals surface area (Å²) >= 11 is 0. The van der Waals surface area contributed by atoms with Crippen LogP contribution in [0, 0.1) is 0 Å². The van der Waals surface area contributed by atoms with Crippen LogP contribution in [0.15, 0.2) is 0 Å². The number of rotatable bonds is 20. The van der Waals surface area contributed by atoms with Gasteiger partial charge < -0.3 is 10.6 Å². The van der Waals surface area contributed by atoms with E-state index >= 15 is 0 Å². The predicted octanol–water partition coefficient (Wildman–Crippen LogP) is 9.04. The molecule has 0 aromatic carbocycles. The van der Waals surface area contributed by atoms with Crippen molar-refractivity contribution in [1.29, 1.82) is 0 Å². The van der Waals surface area contributed by atoms with Gasteiger partial charge in [0.25, 0.3) is 0 Å². The minimum atomic E-state index is 0. The summed E-state index contributed by atoms with van der Waals surface area (Å²) in [4.78, 5) is 0. The quantitative estimate of drug-likeness (QED) is 0.135. The van der Waals surface area contributed by atoms with Crippen molar-refractivity contribution in [3.63, 3.8) is 0 Å². The molecule has 0 spiro atoms. The number of hydrogen-bond acceptors (Lipinski definition) is 0. The zero-order valence-electron chi connectivity index (χ0n) is 19.4. The minimum absolute atomic E-state index is 0. The maximum Gasteiger partial charge on any atom is 2.00 e. The van der Waals surface area contributed by atoms with E-state index in [1.807, 2.05) is 0 Å². The van der Waals surface area contributed by atoms with Gasteiger partial charge in [-0.05, 0) is 0 Å². The summed E-state index contributed by atoms with van der Waals surface area (Å²) < 4.78 is 0. The van der Waals surface area contributed by atoms with Crippen molar-refractivity contribution in [2.24, 2.45) is 0 Å². The molecule has 0 bridgehead atoms. The fraction of sp³-hybridized carbons (Fsp3) is 1.00. The van der Waals surface area contributed by atoms with Crippen LogP contribution in [-0.2, 0) is 21.1 Å². The monoisotopic (exact) mass is 552 g/mol. The van der Waals surface area contributed by atoms with Crippen LogP contribution < -0.4 is 0 Å². The number of hydrogen-bond donors (Lipinski definition) is 0. The molecule has 0 aliphatic rings. The average Bonchev–Trinajstić information content (AvgIpc) is 2.66. The Balaban J connectivity index is -0.000000411. The molecular weight excluding hydrogens is 500 g/mol. The second-order valence-corrected chi connectivity index (χ2v) is 7.48. The van der Waals surface area contributed by atoms with Gasteiger partial charge in [0.1, 0.15) is 0 Å². The van der Waals surface area contributed by atoms with Gasteiger partial charge in [-0.25, -0.2) is 0 Å². The Kier molecular flexibility index (Phi) is 40.8. The molecule has 0 aromatic rings. The van der Waals surface area contributed by atoms with Crippen molar-refractivity contribution in [1.82, 2.24) is 0 Å². The van der Waals surface area contributed by atoms with E-state index in [0.717, 1.165) is 26.2 Å². The fourth-order valence-electron chi connectivity index (χ4n) is 3.03. The molecule has 164 valence electrons. The minimum Gasteiger partial charge on any atom is -0.662 e. The molecule has 0 radical (unpaired) electrons. The summed E-state index contributed by atoms with van der Waals surface area (Å²) in [6, 6.07) is 0. The van der Waals surface area contributed by atoms with Crippen LogP contribution in [0.2, 0.25) is 0 Å². The molecule has 0 aromatic heterocycles. The molecule has 0 aliphatic heterocycles. The van der Waals surface area contributed by atoms with Crippen LogP contribution >= 0.6 is 0 Å². The molecule has 0 unspecified atom stereocenters. The molecule has 0 N–H and O–H groups in total. The Morgan fingerprint density at radius 2 is 0.630 bits per heavy atom. The van der Waals surface area contributed by atoms with E-state index < -0.39 is 0 Å². The van der Waals surface area contributed by atoms with Gasteiger partial charge in [-0.2, -0.15) is 13.1 Å². The molecule has 0 saturated heterocycles. The first-order chi connectivity index (χ1) is 12.8. The average molecular weight is 553 g/mol. The van der Waals surface area contributed by atoms with E-state index in [2.05, 4.69) is 38.3 Å². The third-order valence-corrected chi connectivity index (χ3v) is 4.79. The van der Waals surface area contributed by atoms with E-state index in [0.29, 0.717) is 0 Å². The first kappa shape index (κ1) is 32.3. The van der Waals surface area contributed by atoms with Crippen molar-refractivity contribution in [2.75, 3.05) is 26.2 Å². The fourth-order valence-corrected chi connectivity index (χ4v) is 3.03. The maximum atomic E-state index is 4.32. The molecule has 0 atom stereocenters. The molecule has 0 heterocycles. The molecule has 3 heteroatoms. The molecular formula is C24H52N2W. The first-order valence-corrected chi connectivity index (χ1v) is 12.1. The predicted molar refractivity (Wildman–Crippen MR) is 123 cm³/mol. The number of unbranched alkanes of at least 4 members (excludes halogenated alkanes) is 14. The summed E-state index contributed by atoms with van der Waals surface area (Å²) in [5.41, 5.74) is 0. The Morgan fingerprint density at radius 3 is 0.889 bits per heavy atom. The van der Waals surface area contributed by atoms with Crippen LogP contribution in [0.25, 0.3) is 10.6 Å². The second-order valence-electron chi connectivity index (χ2n) is 7.48. The third-order valence-electron chi connectivity index (χ3n) is 4.79. The second kappa shape index (κ2) is 34.1. The van der Waals surface area contributed by atoms with E-state index in [1.54, 1.807) is 0 Å². The SMILES string of the molecule is CCCCCCCCCC[N-]CC.CCCCCCCCCC[N-]CC.[W+2]. The summed E-state index contributed by atoms with van der Waals surface area (Å²) in [5, 5.41) is 8.64.